The monoisotopic (exact) mass is 300 g/mol. The summed E-state index contributed by atoms with van der Waals surface area (Å²) in [5.74, 6) is -9.26. The molecule has 0 bridgehead atoms. The number of hydrogen-bond donors (Lipinski definition) is 0. The summed E-state index contributed by atoms with van der Waals surface area (Å²) in [6, 6.07) is 5.95. The number of benzene rings is 2. The third-order valence-electron chi connectivity index (χ3n) is 3.10. The molecule has 0 aliphatic heterocycles. The SMILES string of the molecule is CC(C)Cc1ccc(-c2c(F)c(F)c(F)c(F)c2F)cc1. The summed E-state index contributed by atoms with van der Waals surface area (Å²) in [5, 5.41) is 0. The third kappa shape index (κ3) is 2.91. The molecule has 0 N–H and O–H groups in total. The Kier molecular flexibility index (Phi) is 4.30. The minimum absolute atomic E-state index is 0.0460. The number of halogens is 5. The lowest BCUT2D eigenvalue weighted by Gasteiger charge is -2.10. The van der Waals surface area contributed by atoms with Crippen LogP contribution in [-0.2, 0) is 6.42 Å². The molecule has 0 aliphatic rings. The Balaban J connectivity index is 2.52. The molecule has 2 aromatic carbocycles. The normalized spacial score (nSPS) is 11.2. The molecule has 2 rings (SSSR count). The standard InChI is InChI=1S/C16H13F5/c1-8(2)7-9-3-5-10(6-4-9)11-12(17)14(19)16(21)15(20)13(11)18/h3-6,8H,7H2,1-2H3. The van der Waals surface area contributed by atoms with Gasteiger partial charge in [-0.05, 0) is 23.5 Å². The fourth-order valence-corrected chi connectivity index (χ4v) is 2.14. The summed E-state index contributed by atoms with van der Waals surface area (Å²) >= 11 is 0. The molecule has 0 atom stereocenters. The average Bonchev–Trinajstić information content (AvgIpc) is 2.44. The fraction of sp³-hybridized carbons (Fsp3) is 0.250. The quantitative estimate of drug-likeness (QED) is 0.413. The van der Waals surface area contributed by atoms with E-state index in [0.29, 0.717) is 5.92 Å². The predicted molar refractivity (Wildman–Crippen MR) is 70.2 cm³/mol. The van der Waals surface area contributed by atoms with Crippen molar-refractivity contribution in [3.05, 3.63) is 58.9 Å². The molecule has 5 heteroatoms. The first kappa shape index (κ1) is 15.5. The second-order valence-corrected chi connectivity index (χ2v) is 5.24. The van der Waals surface area contributed by atoms with E-state index in [1.807, 2.05) is 13.8 Å². The Hall–Kier alpha value is -1.91. The summed E-state index contributed by atoms with van der Waals surface area (Å²) < 4.78 is 66.7. The maximum Gasteiger partial charge on any atom is 0.200 e. The first-order valence-corrected chi connectivity index (χ1v) is 6.43. The van der Waals surface area contributed by atoms with Crippen LogP contribution in [-0.4, -0.2) is 0 Å². The molecule has 0 unspecified atom stereocenters. The zero-order valence-corrected chi connectivity index (χ0v) is 11.5. The highest BCUT2D eigenvalue weighted by molar-refractivity contribution is 5.65. The first-order valence-electron chi connectivity index (χ1n) is 6.43. The van der Waals surface area contributed by atoms with Crippen molar-refractivity contribution in [2.75, 3.05) is 0 Å². The molecule has 0 amide bonds. The van der Waals surface area contributed by atoms with Gasteiger partial charge < -0.3 is 0 Å². The molecule has 21 heavy (non-hydrogen) atoms. The maximum absolute atomic E-state index is 13.7. The largest absolute Gasteiger partial charge is 0.203 e. The van der Waals surface area contributed by atoms with Crippen molar-refractivity contribution in [2.24, 2.45) is 5.92 Å². The summed E-state index contributed by atoms with van der Waals surface area (Å²) in [6.45, 7) is 4.02. The van der Waals surface area contributed by atoms with Crippen LogP contribution >= 0.6 is 0 Å². The average molecular weight is 300 g/mol. The highest BCUT2D eigenvalue weighted by Crippen LogP contribution is 2.31. The lowest BCUT2D eigenvalue weighted by molar-refractivity contribution is 0.381. The third-order valence-corrected chi connectivity index (χ3v) is 3.10. The van der Waals surface area contributed by atoms with E-state index in [1.165, 1.54) is 12.1 Å². The Morgan fingerprint density at radius 2 is 1.14 bits per heavy atom. The van der Waals surface area contributed by atoms with Crippen LogP contribution in [0, 0.1) is 35.0 Å². The molecular formula is C16H13F5. The van der Waals surface area contributed by atoms with E-state index in [0.717, 1.165) is 12.0 Å². The molecule has 0 saturated heterocycles. The van der Waals surface area contributed by atoms with E-state index in [2.05, 4.69) is 0 Å². The van der Waals surface area contributed by atoms with E-state index in [1.54, 1.807) is 12.1 Å². The maximum atomic E-state index is 13.7. The van der Waals surface area contributed by atoms with Crippen LogP contribution in [0.25, 0.3) is 11.1 Å². The summed E-state index contributed by atoms with van der Waals surface area (Å²) in [7, 11) is 0. The van der Waals surface area contributed by atoms with E-state index >= 15 is 0 Å². The zero-order chi connectivity index (χ0) is 15.7. The Labute approximate surface area is 119 Å². The molecule has 0 aromatic heterocycles. The lowest BCUT2D eigenvalue weighted by Crippen LogP contribution is -2.04. The van der Waals surface area contributed by atoms with Crippen LogP contribution in [0.4, 0.5) is 22.0 Å². The summed E-state index contributed by atoms with van der Waals surface area (Å²) in [4.78, 5) is 0. The molecule has 0 fully saturated rings. The van der Waals surface area contributed by atoms with Crippen LogP contribution in [0.5, 0.6) is 0 Å². The summed E-state index contributed by atoms with van der Waals surface area (Å²) in [5.41, 5.74) is -0.0181. The van der Waals surface area contributed by atoms with Gasteiger partial charge in [0.15, 0.2) is 23.3 Å². The van der Waals surface area contributed by atoms with Crippen LogP contribution in [0.15, 0.2) is 24.3 Å². The second-order valence-electron chi connectivity index (χ2n) is 5.24. The van der Waals surface area contributed by atoms with Crippen molar-refractivity contribution in [3.63, 3.8) is 0 Å². The molecule has 0 aliphatic carbocycles. The van der Waals surface area contributed by atoms with Gasteiger partial charge in [0.1, 0.15) is 0 Å². The Bertz CT molecular complexity index is 630. The van der Waals surface area contributed by atoms with E-state index in [9.17, 15) is 22.0 Å². The van der Waals surface area contributed by atoms with E-state index < -0.39 is 34.6 Å². The number of hydrogen-bond acceptors (Lipinski definition) is 0. The number of rotatable bonds is 3. The zero-order valence-electron chi connectivity index (χ0n) is 11.5. The van der Waals surface area contributed by atoms with Crippen LogP contribution in [0.3, 0.4) is 0 Å². The Morgan fingerprint density at radius 3 is 1.57 bits per heavy atom. The smallest absolute Gasteiger partial charge is 0.200 e. The molecule has 0 radical (unpaired) electrons. The van der Waals surface area contributed by atoms with Crippen molar-refractivity contribution in [1.82, 2.24) is 0 Å². The molecular weight excluding hydrogens is 287 g/mol. The topological polar surface area (TPSA) is 0 Å². The minimum Gasteiger partial charge on any atom is -0.203 e. The van der Waals surface area contributed by atoms with Crippen molar-refractivity contribution < 1.29 is 22.0 Å². The van der Waals surface area contributed by atoms with Gasteiger partial charge in [-0.25, -0.2) is 22.0 Å². The minimum atomic E-state index is -2.15. The second kappa shape index (κ2) is 5.84. The van der Waals surface area contributed by atoms with Gasteiger partial charge in [-0.2, -0.15) is 0 Å². The van der Waals surface area contributed by atoms with Crippen LogP contribution in [0.2, 0.25) is 0 Å². The van der Waals surface area contributed by atoms with Crippen molar-refractivity contribution in [3.8, 4) is 11.1 Å². The fourth-order valence-electron chi connectivity index (χ4n) is 2.14. The molecule has 0 saturated carbocycles. The van der Waals surface area contributed by atoms with Gasteiger partial charge in [0, 0.05) is 0 Å². The van der Waals surface area contributed by atoms with Gasteiger partial charge in [0.05, 0.1) is 5.56 Å². The summed E-state index contributed by atoms with van der Waals surface area (Å²) in [6.07, 6.45) is 0.761. The van der Waals surface area contributed by atoms with E-state index in [-0.39, 0.29) is 5.56 Å². The van der Waals surface area contributed by atoms with E-state index in [4.69, 9.17) is 0 Å². The van der Waals surface area contributed by atoms with Gasteiger partial charge in [0.25, 0.3) is 0 Å². The van der Waals surface area contributed by atoms with Crippen molar-refractivity contribution in [2.45, 2.75) is 20.3 Å². The lowest BCUT2D eigenvalue weighted by atomic mass is 9.98. The Morgan fingerprint density at radius 1 is 0.714 bits per heavy atom. The molecule has 0 spiro atoms. The molecule has 0 nitrogen and oxygen atoms in total. The van der Waals surface area contributed by atoms with Crippen LogP contribution in [0.1, 0.15) is 19.4 Å². The predicted octanol–water partition coefficient (Wildman–Crippen LogP) is 5.25. The van der Waals surface area contributed by atoms with Gasteiger partial charge in [-0.1, -0.05) is 38.1 Å². The molecule has 0 heterocycles. The van der Waals surface area contributed by atoms with Crippen molar-refractivity contribution in [1.29, 1.82) is 0 Å². The molecule has 2 aromatic rings. The van der Waals surface area contributed by atoms with Crippen molar-refractivity contribution >= 4 is 0 Å². The van der Waals surface area contributed by atoms with Gasteiger partial charge >= 0.3 is 0 Å². The van der Waals surface area contributed by atoms with Gasteiger partial charge in [-0.3, -0.25) is 0 Å². The van der Waals surface area contributed by atoms with Crippen LogP contribution < -0.4 is 0 Å². The van der Waals surface area contributed by atoms with Gasteiger partial charge in [-0.15, -0.1) is 0 Å². The van der Waals surface area contributed by atoms with Gasteiger partial charge in [0.2, 0.25) is 5.82 Å². The first-order chi connectivity index (χ1) is 9.82. The molecule has 112 valence electrons. The highest BCUT2D eigenvalue weighted by atomic mass is 19.2. The highest BCUT2D eigenvalue weighted by Gasteiger charge is 2.26.